The van der Waals surface area contributed by atoms with Crippen LogP contribution in [0.2, 0.25) is 0 Å². The lowest BCUT2D eigenvalue weighted by atomic mass is 9.71. The fourth-order valence-corrected chi connectivity index (χ4v) is 14.9. The molecule has 2 aliphatic rings. The van der Waals surface area contributed by atoms with E-state index in [1.54, 1.807) is 24.8 Å². The van der Waals surface area contributed by atoms with Crippen molar-refractivity contribution >= 4 is 163 Å². The first-order valence-corrected chi connectivity index (χ1v) is 34.9. The number of hydrogen-bond donors (Lipinski definition) is 0. The first-order valence-electron chi connectivity index (χ1n) is 34.1. The van der Waals surface area contributed by atoms with Crippen LogP contribution in [0.5, 0.6) is 0 Å². The van der Waals surface area contributed by atoms with Gasteiger partial charge in [0.2, 0.25) is 11.6 Å². The van der Waals surface area contributed by atoms with Gasteiger partial charge in [-0.3, -0.25) is 32.9 Å². The van der Waals surface area contributed by atoms with Crippen LogP contribution in [0, 0.1) is 0 Å². The van der Waals surface area contributed by atoms with E-state index in [1.165, 1.54) is 0 Å². The first-order chi connectivity index (χ1) is 49.4. The van der Waals surface area contributed by atoms with E-state index >= 15 is 0 Å². The number of hydrogen-bond acceptors (Lipinski definition) is 12. The maximum atomic E-state index is 6.51. The third kappa shape index (κ3) is 9.92. The molecule has 0 spiro atoms. The molecule has 0 radical (unpaired) electrons. The van der Waals surface area contributed by atoms with Crippen LogP contribution < -0.4 is 10.9 Å². The van der Waals surface area contributed by atoms with Crippen molar-refractivity contribution < 1.29 is 31.9 Å². The summed E-state index contributed by atoms with van der Waals surface area (Å²) in [5.74, 6) is 1.71. The smallest absolute Gasteiger partial charge is 0.454 e. The molecule has 2 aliphatic heterocycles. The number of rotatable bonds is 6. The molecule has 2 fully saturated rings. The molecular formula is C83H64B2BrN9O7. The van der Waals surface area contributed by atoms with Gasteiger partial charge < -0.3 is 31.9 Å². The molecular weight excluding hydrogens is 1340 g/mol. The molecule has 102 heavy (non-hydrogen) atoms. The Hall–Kier alpha value is -11.2. The highest BCUT2D eigenvalue weighted by Crippen LogP contribution is 2.42. The predicted molar refractivity (Wildman–Crippen MR) is 411 cm³/mol. The van der Waals surface area contributed by atoms with Crippen LogP contribution in [0.25, 0.3) is 155 Å². The molecule has 0 aliphatic carbocycles. The van der Waals surface area contributed by atoms with E-state index in [1.807, 2.05) is 54.9 Å². The van der Waals surface area contributed by atoms with E-state index in [0.717, 1.165) is 171 Å². The Balaban J connectivity index is 0.000000120. The summed E-state index contributed by atoms with van der Waals surface area (Å²) in [5.41, 5.74) is 19.6. The van der Waals surface area contributed by atoms with E-state index in [2.05, 4.69) is 268 Å². The van der Waals surface area contributed by atoms with Gasteiger partial charge in [0.25, 0.3) is 0 Å². The average molecular weight is 1400 g/mol. The topological polar surface area (TPSA) is 159 Å². The van der Waals surface area contributed by atoms with Gasteiger partial charge >= 0.3 is 14.2 Å². The van der Waals surface area contributed by atoms with Gasteiger partial charge in [-0.1, -0.05) is 82.7 Å². The quantitative estimate of drug-likeness (QED) is 0.145. The van der Waals surface area contributed by atoms with Gasteiger partial charge in [-0.05, 0) is 228 Å². The molecule has 21 rings (SSSR count). The number of aromatic nitrogens is 9. The summed E-state index contributed by atoms with van der Waals surface area (Å²) >= 11 is 3.45. The summed E-state index contributed by atoms with van der Waals surface area (Å²) in [6.07, 6.45) is 10.7. The van der Waals surface area contributed by atoms with E-state index in [0.29, 0.717) is 0 Å². The van der Waals surface area contributed by atoms with E-state index in [-0.39, 0.29) is 0 Å². The normalized spacial score (nSPS) is 15.6. The Bertz CT molecular complexity index is 6420. The number of pyridine rings is 3. The average Bonchev–Trinajstić information content (AvgIpc) is 1.57. The highest BCUT2D eigenvalue weighted by molar-refractivity contribution is 9.10. The molecule has 0 N–H and O–H groups in total. The van der Waals surface area contributed by atoms with Crippen molar-refractivity contribution in [2.24, 2.45) is 0 Å². The Morgan fingerprint density at radius 1 is 0.324 bits per heavy atom. The highest BCUT2D eigenvalue weighted by Gasteiger charge is 2.54. The van der Waals surface area contributed by atoms with Crippen LogP contribution >= 0.6 is 15.9 Å². The zero-order chi connectivity index (χ0) is 69.1. The monoisotopic (exact) mass is 1400 g/mol. The fraction of sp³-hybridized carbons (Fsp3) is 0.145. The Morgan fingerprint density at radius 2 is 0.686 bits per heavy atom. The third-order valence-corrected chi connectivity index (χ3v) is 21.6. The van der Waals surface area contributed by atoms with Crippen molar-refractivity contribution in [3.05, 3.63) is 248 Å². The zero-order valence-electron chi connectivity index (χ0n) is 57.0. The van der Waals surface area contributed by atoms with Crippen LogP contribution in [0.4, 0.5) is 0 Å². The molecule has 19 aromatic rings. The molecule has 0 unspecified atom stereocenters. The summed E-state index contributed by atoms with van der Waals surface area (Å²) < 4.78 is 53.9. The Kier molecular flexibility index (Phi) is 13.9. The van der Waals surface area contributed by atoms with E-state index in [9.17, 15) is 0 Å². The third-order valence-electron chi connectivity index (χ3n) is 21.1. The van der Waals surface area contributed by atoms with Crippen LogP contribution in [0.3, 0.4) is 0 Å². The lowest BCUT2D eigenvalue weighted by Gasteiger charge is -2.32. The van der Waals surface area contributed by atoms with Crippen LogP contribution in [0.1, 0.15) is 55.4 Å². The number of furan rings is 3. The minimum Gasteiger partial charge on any atom is -0.454 e. The summed E-state index contributed by atoms with van der Waals surface area (Å²) in [7, 11) is -1.08. The summed E-state index contributed by atoms with van der Waals surface area (Å²) in [4.78, 5) is 22.8. The molecule has 10 aromatic heterocycles. The zero-order valence-corrected chi connectivity index (χ0v) is 58.6. The molecule has 2 saturated heterocycles. The van der Waals surface area contributed by atoms with Gasteiger partial charge in [0.1, 0.15) is 16.7 Å². The van der Waals surface area contributed by atoms with Crippen molar-refractivity contribution in [1.29, 1.82) is 0 Å². The predicted octanol–water partition coefficient (Wildman–Crippen LogP) is 19.1. The highest BCUT2D eigenvalue weighted by atomic mass is 79.9. The van der Waals surface area contributed by atoms with Gasteiger partial charge in [-0.15, -0.1) is 0 Å². The largest absolute Gasteiger partial charge is 0.494 e. The van der Waals surface area contributed by atoms with Crippen molar-refractivity contribution in [3.8, 4) is 33.6 Å². The van der Waals surface area contributed by atoms with Crippen LogP contribution in [0.15, 0.2) is 261 Å². The second kappa shape index (κ2) is 22.9. The van der Waals surface area contributed by atoms with Gasteiger partial charge in [0, 0.05) is 61.1 Å². The van der Waals surface area contributed by atoms with Gasteiger partial charge in [0.05, 0.1) is 90.8 Å². The molecule has 16 nitrogen and oxygen atoms in total. The molecule has 9 aromatic carbocycles. The Morgan fingerprint density at radius 3 is 1.11 bits per heavy atom. The van der Waals surface area contributed by atoms with Gasteiger partial charge in [0.15, 0.2) is 16.7 Å². The minimum atomic E-state index is -0.539. The number of benzene rings is 9. The lowest BCUT2D eigenvalue weighted by Crippen LogP contribution is -2.41. The molecule has 496 valence electrons. The second-order valence-electron chi connectivity index (χ2n) is 28.4. The first kappa shape index (κ1) is 61.9. The number of fused-ring (bicyclic) bond motifs is 19. The standard InChI is InChI=1S/C41H23N5O2.C31H35B2N3O4.C11H6BrNO/c1-2-6-34-33(5-1)44-41-45(35-7-3-4-8-36(35)46(34)41)28-18-26(24-9-11-37-31(20-24)29-13-15-42-22-39(29)47-37)17-27(19-28)25-10-12-38-32(21-25)30-14-16-43-23-40(30)48-38;1-28(2)29(3,4)38-32(37-28)20-17-21(33-39-30(5,6)31(7,8)40-33)19-22(18-20)35-25-15-11-12-16-26(25)36-24-14-10-9-13-23(24)34-27(35)36;12-7-1-2-10-9(5-7)8-3-4-13-6-11(8)14-10/h1-23H;9-19H,1-8H3;1-6H. The molecule has 12 heterocycles. The van der Waals surface area contributed by atoms with Crippen LogP contribution in [-0.2, 0) is 18.6 Å². The van der Waals surface area contributed by atoms with Gasteiger partial charge in [-0.25, -0.2) is 9.97 Å². The maximum absolute atomic E-state index is 6.51. The molecule has 0 saturated carbocycles. The van der Waals surface area contributed by atoms with E-state index in [4.69, 9.17) is 41.8 Å². The van der Waals surface area contributed by atoms with Gasteiger partial charge in [-0.2, -0.15) is 0 Å². The second-order valence-corrected chi connectivity index (χ2v) is 29.3. The SMILES string of the molecule is Brc1ccc2oc3cnccc3c2c1.CC1(C)OB(c2cc(B3OC(C)(C)C(C)(C)O3)cc(-n3c4ccccc4n4c5ccccc5nc34)c2)OC1(C)C.c1ccc2c(c1)nc1n(-c3cc(-c4ccc5oc6cnccc6c5c4)cc(-c4ccc5oc6cnccc6c5c4)c3)c3ccccc3n21. The maximum Gasteiger partial charge on any atom is 0.494 e. The number of halogens is 1. The van der Waals surface area contributed by atoms with Crippen molar-refractivity contribution in [2.75, 3.05) is 0 Å². The van der Waals surface area contributed by atoms with Crippen molar-refractivity contribution in [1.82, 2.24) is 42.9 Å². The molecule has 19 heteroatoms. The van der Waals surface area contributed by atoms with E-state index < -0.39 is 36.6 Å². The summed E-state index contributed by atoms with van der Waals surface area (Å²) in [6.45, 7) is 16.6. The molecule has 0 amide bonds. The molecule has 0 bridgehead atoms. The van der Waals surface area contributed by atoms with Crippen LogP contribution in [-0.4, -0.2) is 79.5 Å². The fourth-order valence-electron chi connectivity index (χ4n) is 14.5. The number of imidazole rings is 4. The number of nitrogens with zero attached hydrogens (tertiary/aromatic N) is 9. The summed E-state index contributed by atoms with van der Waals surface area (Å²) in [6, 6.07) is 71.4. The minimum absolute atomic E-state index is 0.466. The summed E-state index contributed by atoms with van der Waals surface area (Å²) in [5, 5.41) is 6.45. The molecule has 0 atom stereocenters. The number of para-hydroxylation sites is 8. The van der Waals surface area contributed by atoms with Crippen molar-refractivity contribution in [2.45, 2.75) is 77.8 Å². The Labute approximate surface area is 593 Å². The lowest BCUT2D eigenvalue weighted by molar-refractivity contribution is 0.00578. The van der Waals surface area contributed by atoms with Crippen molar-refractivity contribution in [3.63, 3.8) is 0 Å².